The van der Waals surface area contributed by atoms with E-state index in [4.69, 9.17) is 0 Å². The van der Waals surface area contributed by atoms with E-state index < -0.39 is 0 Å². The molecule has 1 aromatic carbocycles. The summed E-state index contributed by atoms with van der Waals surface area (Å²) in [4.78, 5) is 4.92. The van der Waals surface area contributed by atoms with Crippen LogP contribution in [-0.2, 0) is 0 Å². The lowest BCUT2D eigenvalue weighted by Gasteiger charge is -2.43. The molecule has 2 rings (SSSR count). The Hall–Kier alpha value is -0.580. The summed E-state index contributed by atoms with van der Waals surface area (Å²) in [5.41, 5.74) is 1.47. The summed E-state index contributed by atoms with van der Waals surface area (Å²) >= 11 is 3.48. The lowest BCUT2D eigenvalue weighted by Crippen LogP contribution is -2.57. The first-order chi connectivity index (χ1) is 8.99. The summed E-state index contributed by atoms with van der Waals surface area (Å²) in [6, 6.07) is 8.53. The zero-order valence-corrected chi connectivity index (χ0v) is 13.7. The third-order valence-corrected chi connectivity index (χ3v) is 4.39. The fourth-order valence-electron chi connectivity index (χ4n) is 2.74. The number of halogens is 1. The molecule has 1 saturated heterocycles. The number of nitrogens with zero attached hydrogens (tertiary/aromatic N) is 2. The summed E-state index contributed by atoms with van der Waals surface area (Å²) in [6.45, 7) is 10.2. The van der Waals surface area contributed by atoms with Gasteiger partial charge in [0.25, 0.3) is 0 Å². The van der Waals surface area contributed by atoms with Gasteiger partial charge in [0.15, 0.2) is 0 Å². The maximum Gasteiger partial charge on any atom is 0.0365 e. The highest BCUT2D eigenvalue weighted by molar-refractivity contribution is 9.10. The molecule has 0 bridgehead atoms. The van der Waals surface area contributed by atoms with Crippen molar-refractivity contribution in [3.8, 4) is 0 Å². The van der Waals surface area contributed by atoms with E-state index in [9.17, 15) is 0 Å². The minimum atomic E-state index is 0.198. The number of benzene rings is 1. The van der Waals surface area contributed by atoms with Crippen molar-refractivity contribution in [2.75, 3.05) is 44.7 Å². The lowest BCUT2D eigenvalue weighted by atomic mass is 10.0. The third kappa shape index (κ3) is 3.94. The van der Waals surface area contributed by atoms with E-state index in [1.165, 1.54) is 5.69 Å². The van der Waals surface area contributed by atoms with Gasteiger partial charge in [0.05, 0.1) is 0 Å². The van der Waals surface area contributed by atoms with Crippen LogP contribution in [0.5, 0.6) is 0 Å². The van der Waals surface area contributed by atoms with Gasteiger partial charge in [-0.25, -0.2) is 0 Å². The normalized spacial score (nSPS) is 17.5. The van der Waals surface area contributed by atoms with Crippen molar-refractivity contribution < 1.29 is 0 Å². The largest absolute Gasteiger partial charge is 0.373 e. The van der Waals surface area contributed by atoms with Crippen molar-refractivity contribution in [1.82, 2.24) is 10.2 Å². The maximum atomic E-state index is 3.48. The molecule has 1 aliphatic rings. The van der Waals surface area contributed by atoms with Crippen LogP contribution in [0.3, 0.4) is 0 Å². The van der Waals surface area contributed by atoms with Gasteiger partial charge in [0.2, 0.25) is 0 Å². The SMILES string of the molecule is CN(CC(C)(C)N1CCNCC1)c1ccc(Br)cc1. The van der Waals surface area contributed by atoms with Crippen molar-refractivity contribution in [2.24, 2.45) is 0 Å². The zero-order chi connectivity index (χ0) is 13.9. The van der Waals surface area contributed by atoms with Gasteiger partial charge in [-0.15, -0.1) is 0 Å². The zero-order valence-electron chi connectivity index (χ0n) is 12.1. The van der Waals surface area contributed by atoms with Gasteiger partial charge in [0.1, 0.15) is 0 Å². The minimum absolute atomic E-state index is 0.198. The highest BCUT2D eigenvalue weighted by atomic mass is 79.9. The standard InChI is InChI=1S/C15H24BrN3/c1-15(2,19-10-8-17-9-11-19)12-18(3)14-6-4-13(16)5-7-14/h4-7,17H,8-12H2,1-3H3. The molecule has 1 heterocycles. The molecule has 19 heavy (non-hydrogen) atoms. The Morgan fingerprint density at radius 1 is 1.21 bits per heavy atom. The van der Waals surface area contributed by atoms with Crippen LogP contribution in [0.2, 0.25) is 0 Å². The lowest BCUT2D eigenvalue weighted by molar-refractivity contribution is 0.109. The minimum Gasteiger partial charge on any atom is -0.373 e. The first kappa shape index (κ1) is 14.8. The Bertz CT molecular complexity index is 396. The second-order valence-corrected chi connectivity index (χ2v) is 6.80. The Kier molecular flexibility index (Phi) is 4.87. The number of likely N-dealkylation sites (N-methyl/N-ethyl adjacent to an activating group) is 1. The topological polar surface area (TPSA) is 18.5 Å². The van der Waals surface area contributed by atoms with Crippen molar-refractivity contribution >= 4 is 21.6 Å². The average Bonchev–Trinajstić information content (AvgIpc) is 2.40. The van der Waals surface area contributed by atoms with Crippen LogP contribution in [0.4, 0.5) is 5.69 Å². The average molecular weight is 326 g/mol. The van der Waals surface area contributed by atoms with Crippen molar-refractivity contribution in [3.05, 3.63) is 28.7 Å². The molecular formula is C15H24BrN3. The molecule has 4 heteroatoms. The van der Waals surface area contributed by atoms with E-state index in [0.29, 0.717) is 0 Å². The molecule has 1 fully saturated rings. The van der Waals surface area contributed by atoms with E-state index in [2.05, 4.69) is 76.2 Å². The highest BCUT2D eigenvalue weighted by Gasteiger charge is 2.29. The number of rotatable bonds is 4. The van der Waals surface area contributed by atoms with Crippen LogP contribution >= 0.6 is 15.9 Å². The molecule has 1 aliphatic heterocycles. The van der Waals surface area contributed by atoms with Gasteiger partial charge >= 0.3 is 0 Å². The number of hydrogen-bond acceptors (Lipinski definition) is 3. The van der Waals surface area contributed by atoms with Crippen molar-refractivity contribution in [3.63, 3.8) is 0 Å². The summed E-state index contributed by atoms with van der Waals surface area (Å²) < 4.78 is 1.13. The van der Waals surface area contributed by atoms with Crippen LogP contribution in [0, 0.1) is 0 Å². The fraction of sp³-hybridized carbons (Fsp3) is 0.600. The highest BCUT2D eigenvalue weighted by Crippen LogP contribution is 2.22. The molecule has 1 aromatic rings. The Labute approximate surface area is 125 Å². The number of anilines is 1. The molecule has 0 spiro atoms. The van der Waals surface area contributed by atoms with Gasteiger partial charge in [0, 0.05) is 55.5 Å². The van der Waals surface area contributed by atoms with Crippen LogP contribution in [0.25, 0.3) is 0 Å². The van der Waals surface area contributed by atoms with Crippen LogP contribution < -0.4 is 10.2 Å². The van der Waals surface area contributed by atoms with Gasteiger partial charge in [-0.3, -0.25) is 4.90 Å². The number of hydrogen-bond donors (Lipinski definition) is 1. The first-order valence-electron chi connectivity index (χ1n) is 6.91. The van der Waals surface area contributed by atoms with Crippen molar-refractivity contribution in [2.45, 2.75) is 19.4 Å². The molecule has 106 valence electrons. The van der Waals surface area contributed by atoms with Gasteiger partial charge in [-0.05, 0) is 38.1 Å². The smallest absolute Gasteiger partial charge is 0.0365 e. The van der Waals surface area contributed by atoms with E-state index in [1.807, 2.05) is 0 Å². The molecule has 0 amide bonds. The molecule has 0 radical (unpaired) electrons. The molecule has 0 aliphatic carbocycles. The Morgan fingerprint density at radius 3 is 2.37 bits per heavy atom. The maximum absolute atomic E-state index is 3.48. The Balaban J connectivity index is 2.00. The molecule has 0 atom stereocenters. The Morgan fingerprint density at radius 2 is 1.79 bits per heavy atom. The quantitative estimate of drug-likeness (QED) is 0.917. The van der Waals surface area contributed by atoms with Gasteiger partial charge < -0.3 is 10.2 Å². The van der Waals surface area contributed by atoms with Gasteiger partial charge in [-0.2, -0.15) is 0 Å². The van der Waals surface area contributed by atoms with Gasteiger partial charge in [-0.1, -0.05) is 15.9 Å². The number of nitrogens with one attached hydrogen (secondary N) is 1. The molecule has 0 unspecified atom stereocenters. The van der Waals surface area contributed by atoms with Crippen LogP contribution in [0.15, 0.2) is 28.7 Å². The monoisotopic (exact) mass is 325 g/mol. The number of piperazine rings is 1. The molecule has 0 aromatic heterocycles. The molecule has 3 nitrogen and oxygen atoms in total. The third-order valence-electron chi connectivity index (χ3n) is 3.86. The predicted octanol–water partition coefficient (Wildman–Crippen LogP) is 2.57. The van der Waals surface area contributed by atoms with Crippen LogP contribution in [-0.4, -0.2) is 50.2 Å². The molecular weight excluding hydrogens is 302 g/mol. The van der Waals surface area contributed by atoms with E-state index >= 15 is 0 Å². The second-order valence-electron chi connectivity index (χ2n) is 5.88. The summed E-state index contributed by atoms with van der Waals surface area (Å²) in [6.07, 6.45) is 0. The summed E-state index contributed by atoms with van der Waals surface area (Å²) in [5, 5.41) is 3.42. The summed E-state index contributed by atoms with van der Waals surface area (Å²) in [7, 11) is 2.17. The van der Waals surface area contributed by atoms with Crippen LogP contribution in [0.1, 0.15) is 13.8 Å². The summed E-state index contributed by atoms with van der Waals surface area (Å²) in [5.74, 6) is 0. The molecule has 1 N–H and O–H groups in total. The first-order valence-corrected chi connectivity index (χ1v) is 7.71. The van der Waals surface area contributed by atoms with E-state index in [1.54, 1.807) is 0 Å². The fourth-order valence-corrected chi connectivity index (χ4v) is 3.00. The predicted molar refractivity (Wildman–Crippen MR) is 85.9 cm³/mol. The second kappa shape index (κ2) is 6.25. The van der Waals surface area contributed by atoms with E-state index in [0.717, 1.165) is 37.2 Å². The molecule has 0 saturated carbocycles. The van der Waals surface area contributed by atoms with Crippen molar-refractivity contribution in [1.29, 1.82) is 0 Å². The van der Waals surface area contributed by atoms with E-state index in [-0.39, 0.29) is 5.54 Å².